The van der Waals surface area contributed by atoms with Gasteiger partial charge in [-0.3, -0.25) is 4.79 Å². The Morgan fingerprint density at radius 2 is 2.22 bits per heavy atom. The Labute approximate surface area is 113 Å². The van der Waals surface area contributed by atoms with Crippen LogP contribution in [-0.4, -0.2) is 10.9 Å². The molecule has 0 aliphatic carbocycles. The lowest BCUT2D eigenvalue weighted by Crippen LogP contribution is -2.19. The zero-order chi connectivity index (χ0) is 12.7. The molecule has 1 aliphatic rings. The topological polar surface area (TPSA) is 68.0 Å². The number of hydrogen-bond acceptors (Lipinski definition) is 4. The van der Waals surface area contributed by atoms with Gasteiger partial charge >= 0.3 is 0 Å². The van der Waals surface area contributed by atoms with Crippen molar-refractivity contribution in [3.8, 4) is 11.3 Å². The average molecular weight is 280 g/mol. The van der Waals surface area contributed by atoms with Gasteiger partial charge in [0.25, 0.3) is 0 Å². The molecule has 1 aromatic carbocycles. The number of aryl methyl sites for hydroxylation is 1. The van der Waals surface area contributed by atoms with E-state index >= 15 is 0 Å². The lowest BCUT2D eigenvalue weighted by atomic mass is 9.99. The van der Waals surface area contributed by atoms with Crippen molar-refractivity contribution in [2.45, 2.75) is 12.8 Å². The summed E-state index contributed by atoms with van der Waals surface area (Å²) in [5, 5.41) is 5.77. The highest BCUT2D eigenvalue weighted by molar-refractivity contribution is 7.13. The Hall–Kier alpha value is -1.59. The molecule has 1 aromatic heterocycles. The Morgan fingerprint density at radius 3 is 2.94 bits per heavy atom. The van der Waals surface area contributed by atoms with Crippen LogP contribution in [0.5, 0.6) is 0 Å². The van der Waals surface area contributed by atoms with Crippen molar-refractivity contribution in [3.63, 3.8) is 0 Å². The molecule has 0 radical (unpaired) electrons. The maximum Gasteiger partial charge on any atom is 0.224 e. The standard InChI is InChI=1S/C12H10ClN3OS/c13-8-4-7(9-5-18-12(14)15-9)3-6-1-2-10(17)16-11(6)8/h3-5H,1-2H2,(H2,14,15)(H,16,17). The molecule has 3 N–H and O–H groups in total. The number of halogens is 1. The molecule has 0 saturated carbocycles. The number of amides is 1. The molecule has 18 heavy (non-hydrogen) atoms. The fraction of sp³-hybridized carbons (Fsp3) is 0.167. The highest BCUT2D eigenvalue weighted by Gasteiger charge is 2.19. The van der Waals surface area contributed by atoms with Crippen LogP contribution in [0.1, 0.15) is 12.0 Å². The number of nitrogens with one attached hydrogen (secondary N) is 1. The van der Waals surface area contributed by atoms with E-state index in [0.717, 1.165) is 22.5 Å². The lowest BCUT2D eigenvalue weighted by Gasteiger charge is -2.18. The minimum absolute atomic E-state index is 0.00931. The van der Waals surface area contributed by atoms with E-state index in [1.165, 1.54) is 11.3 Å². The van der Waals surface area contributed by atoms with Gasteiger partial charge in [0.15, 0.2) is 5.13 Å². The van der Waals surface area contributed by atoms with Crippen molar-refractivity contribution in [1.29, 1.82) is 0 Å². The maximum atomic E-state index is 11.3. The summed E-state index contributed by atoms with van der Waals surface area (Å²) in [5.74, 6) is 0.00931. The quantitative estimate of drug-likeness (QED) is 0.843. The highest BCUT2D eigenvalue weighted by atomic mass is 35.5. The monoisotopic (exact) mass is 279 g/mol. The van der Waals surface area contributed by atoms with Crippen LogP contribution >= 0.6 is 22.9 Å². The van der Waals surface area contributed by atoms with Gasteiger partial charge < -0.3 is 11.1 Å². The van der Waals surface area contributed by atoms with Crippen LogP contribution in [0.2, 0.25) is 5.02 Å². The van der Waals surface area contributed by atoms with Crippen LogP contribution < -0.4 is 11.1 Å². The van der Waals surface area contributed by atoms with Gasteiger partial charge in [0.05, 0.1) is 16.4 Å². The molecular weight excluding hydrogens is 270 g/mol. The van der Waals surface area contributed by atoms with Gasteiger partial charge in [-0.25, -0.2) is 4.98 Å². The Bertz CT molecular complexity index is 638. The van der Waals surface area contributed by atoms with Crippen LogP contribution in [0.4, 0.5) is 10.8 Å². The molecule has 1 aliphatic heterocycles. The van der Waals surface area contributed by atoms with E-state index in [0.29, 0.717) is 23.0 Å². The van der Waals surface area contributed by atoms with Crippen LogP contribution in [0.15, 0.2) is 17.5 Å². The number of anilines is 2. The van der Waals surface area contributed by atoms with Gasteiger partial charge in [-0.15, -0.1) is 11.3 Å². The first-order valence-electron chi connectivity index (χ1n) is 5.47. The number of hydrogen-bond donors (Lipinski definition) is 2. The van der Waals surface area contributed by atoms with Crippen LogP contribution in [0.3, 0.4) is 0 Å². The molecule has 3 rings (SSSR count). The summed E-state index contributed by atoms with van der Waals surface area (Å²) in [6.45, 7) is 0. The highest BCUT2D eigenvalue weighted by Crippen LogP contribution is 2.35. The van der Waals surface area contributed by atoms with Crippen molar-refractivity contribution in [2.24, 2.45) is 0 Å². The van der Waals surface area contributed by atoms with Crippen LogP contribution in [0.25, 0.3) is 11.3 Å². The van der Waals surface area contributed by atoms with Gasteiger partial charge in [0, 0.05) is 17.4 Å². The third-order valence-corrected chi connectivity index (χ3v) is 3.85. The van der Waals surface area contributed by atoms with Crippen LogP contribution in [0, 0.1) is 0 Å². The van der Waals surface area contributed by atoms with E-state index in [-0.39, 0.29) is 5.91 Å². The van der Waals surface area contributed by atoms with Crippen LogP contribution in [-0.2, 0) is 11.2 Å². The molecule has 92 valence electrons. The molecule has 0 bridgehead atoms. The average Bonchev–Trinajstić information content (AvgIpc) is 2.77. The summed E-state index contributed by atoms with van der Waals surface area (Å²) in [6, 6.07) is 3.82. The fourth-order valence-corrected chi connectivity index (χ4v) is 2.88. The van der Waals surface area contributed by atoms with Crippen molar-refractivity contribution in [3.05, 3.63) is 28.1 Å². The Kier molecular flexibility index (Phi) is 2.72. The van der Waals surface area contributed by atoms with E-state index < -0.39 is 0 Å². The molecule has 0 atom stereocenters. The molecule has 4 nitrogen and oxygen atoms in total. The zero-order valence-electron chi connectivity index (χ0n) is 9.37. The SMILES string of the molecule is Nc1nc(-c2cc(Cl)c3c(c2)CCC(=O)N3)cs1. The number of rotatable bonds is 1. The predicted octanol–water partition coefficient (Wildman–Crippen LogP) is 2.93. The minimum atomic E-state index is 0.00931. The smallest absolute Gasteiger partial charge is 0.224 e. The molecule has 0 unspecified atom stereocenters. The summed E-state index contributed by atoms with van der Waals surface area (Å²) in [4.78, 5) is 15.6. The van der Waals surface area contributed by atoms with E-state index in [1.54, 1.807) is 6.07 Å². The number of benzene rings is 1. The number of carbonyl (C=O) groups excluding carboxylic acids is 1. The third-order valence-electron chi connectivity index (χ3n) is 2.88. The van der Waals surface area contributed by atoms with Crippen molar-refractivity contribution < 1.29 is 4.79 Å². The first-order chi connectivity index (χ1) is 8.63. The molecule has 1 amide bonds. The predicted molar refractivity (Wildman–Crippen MR) is 73.9 cm³/mol. The molecule has 2 heterocycles. The van der Waals surface area contributed by atoms with E-state index in [1.807, 2.05) is 11.4 Å². The third kappa shape index (κ3) is 1.95. The molecule has 0 saturated heterocycles. The summed E-state index contributed by atoms with van der Waals surface area (Å²) < 4.78 is 0. The first kappa shape index (κ1) is 11.5. The number of carbonyl (C=O) groups is 1. The summed E-state index contributed by atoms with van der Waals surface area (Å²) >= 11 is 7.60. The second-order valence-corrected chi connectivity index (χ2v) is 5.41. The van der Waals surface area contributed by atoms with Gasteiger partial charge in [-0.2, -0.15) is 0 Å². The van der Waals surface area contributed by atoms with Gasteiger partial charge in [0.2, 0.25) is 5.91 Å². The number of aromatic nitrogens is 1. The van der Waals surface area contributed by atoms with Crippen molar-refractivity contribution in [1.82, 2.24) is 4.98 Å². The normalized spacial score (nSPS) is 14.2. The van der Waals surface area contributed by atoms with Gasteiger partial charge in [-0.1, -0.05) is 11.6 Å². The summed E-state index contributed by atoms with van der Waals surface area (Å²) in [5.41, 5.74) is 9.15. The van der Waals surface area contributed by atoms with Gasteiger partial charge in [0.1, 0.15) is 0 Å². The second-order valence-electron chi connectivity index (χ2n) is 4.11. The number of fused-ring (bicyclic) bond motifs is 1. The molecule has 6 heteroatoms. The number of nitrogens with two attached hydrogens (primary N) is 1. The largest absolute Gasteiger partial charge is 0.375 e. The molecule has 0 fully saturated rings. The Balaban J connectivity index is 2.09. The molecule has 0 spiro atoms. The fourth-order valence-electron chi connectivity index (χ4n) is 2.02. The van der Waals surface area contributed by atoms with Crippen molar-refractivity contribution in [2.75, 3.05) is 11.1 Å². The van der Waals surface area contributed by atoms with E-state index in [9.17, 15) is 4.79 Å². The minimum Gasteiger partial charge on any atom is -0.375 e. The number of nitrogens with zero attached hydrogens (tertiary/aromatic N) is 1. The first-order valence-corrected chi connectivity index (χ1v) is 6.73. The zero-order valence-corrected chi connectivity index (χ0v) is 10.9. The maximum absolute atomic E-state index is 11.3. The van der Waals surface area contributed by atoms with E-state index in [4.69, 9.17) is 17.3 Å². The second kappa shape index (κ2) is 4.26. The van der Waals surface area contributed by atoms with Gasteiger partial charge in [-0.05, 0) is 24.1 Å². The molecule has 2 aromatic rings. The number of nitrogen functional groups attached to an aromatic ring is 1. The van der Waals surface area contributed by atoms with Crippen molar-refractivity contribution >= 4 is 39.7 Å². The summed E-state index contributed by atoms with van der Waals surface area (Å²) in [6.07, 6.45) is 1.19. The Morgan fingerprint density at radius 1 is 1.39 bits per heavy atom. The summed E-state index contributed by atoms with van der Waals surface area (Å²) in [7, 11) is 0. The number of thiazole rings is 1. The van der Waals surface area contributed by atoms with E-state index in [2.05, 4.69) is 10.3 Å². The lowest BCUT2D eigenvalue weighted by molar-refractivity contribution is -0.116. The molecular formula is C12H10ClN3OS.